The van der Waals surface area contributed by atoms with E-state index in [0.717, 1.165) is 11.1 Å². The summed E-state index contributed by atoms with van der Waals surface area (Å²) in [4.78, 5) is 24.7. The summed E-state index contributed by atoms with van der Waals surface area (Å²) in [5, 5.41) is 13.7. The molecule has 2 unspecified atom stereocenters. The Morgan fingerprint density at radius 2 is 2.08 bits per heavy atom. The van der Waals surface area contributed by atoms with Gasteiger partial charge in [0.1, 0.15) is 11.9 Å². The van der Waals surface area contributed by atoms with Gasteiger partial charge in [0.2, 0.25) is 5.91 Å². The molecule has 2 aromatic carbocycles. The maximum Gasteiger partial charge on any atom is 0.274 e. The number of hydrogen-bond donors (Lipinski definition) is 1. The molecule has 7 heteroatoms. The Kier molecular flexibility index (Phi) is 4.76. The first-order valence-electron chi connectivity index (χ1n) is 7.95. The van der Waals surface area contributed by atoms with E-state index in [1.807, 2.05) is 11.8 Å². The summed E-state index contributed by atoms with van der Waals surface area (Å²) >= 11 is 0. The Labute approximate surface area is 144 Å². The van der Waals surface area contributed by atoms with Gasteiger partial charge in [0.05, 0.1) is 4.92 Å². The van der Waals surface area contributed by atoms with Gasteiger partial charge in [0.25, 0.3) is 5.69 Å². The molecule has 1 N–H and O–H groups in total. The van der Waals surface area contributed by atoms with E-state index < -0.39 is 4.92 Å². The minimum atomic E-state index is -0.461. The molecule has 0 aliphatic carbocycles. The summed E-state index contributed by atoms with van der Waals surface area (Å²) in [6.07, 6.45) is 0. The van der Waals surface area contributed by atoms with Gasteiger partial charge >= 0.3 is 0 Å². The molecule has 0 saturated carbocycles. The van der Waals surface area contributed by atoms with Crippen LogP contribution < -0.4 is 5.32 Å². The first kappa shape index (κ1) is 17.0. The Balaban J connectivity index is 1.56. The molecule has 25 heavy (non-hydrogen) atoms. The molecule has 2 atom stereocenters. The van der Waals surface area contributed by atoms with E-state index in [1.54, 1.807) is 24.3 Å². The van der Waals surface area contributed by atoms with Crippen LogP contribution in [0.25, 0.3) is 0 Å². The quantitative estimate of drug-likeness (QED) is 0.497. The van der Waals surface area contributed by atoms with Crippen molar-refractivity contribution in [2.75, 3.05) is 6.54 Å². The summed E-state index contributed by atoms with van der Waals surface area (Å²) in [5.74, 6) is -0.466. The Hall–Kier alpha value is -2.80. The lowest BCUT2D eigenvalue weighted by Gasteiger charge is -2.09. The number of nitrogens with one attached hydrogen (secondary N) is 1. The third kappa shape index (κ3) is 4.00. The van der Waals surface area contributed by atoms with E-state index in [0.29, 0.717) is 18.7 Å². The van der Waals surface area contributed by atoms with Crippen LogP contribution in [0.15, 0.2) is 42.5 Å². The second-order valence-electron chi connectivity index (χ2n) is 6.12. The van der Waals surface area contributed by atoms with Crippen molar-refractivity contribution in [3.8, 4) is 0 Å². The highest BCUT2D eigenvalue weighted by Crippen LogP contribution is 2.24. The van der Waals surface area contributed by atoms with Gasteiger partial charge in [0.15, 0.2) is 0 Å². The summed E-state index contributed by atoms with van der Waals surface area (Å²) in [6.45, 7) is 3.12. The van der Waals surface area contributed by atoms with Gasteiger partial charge in [-0.15, -0.1) is 0 Å². The minimum absolute atomic E-state index is 0.00848. The van der Waals surface area contributed by atoms with Crippen molar-refractivity contribution >= 4 is 11.6 Å². The van der Waals surface area contributed by atoms with Crippen molar-refractivity contribution in [1.29, 1.82) is 0 Å². The Morgan fingerprint density at radius 1 is 1.32 bits per heavy atom. The van der Waals surface area contributed by atoms with Gasteiger partial charge in [0, 0.05) is 31.3 Å². The highest BCUT2D eigenvalue weighted by Gasteiger charge is 2.40. The lowest BCUT2D eigenvalue weighted by molar-refractivity contribution is -0.385. The van der Waals surface area contributed by atoms with Gasteiger partial charge in [-0.25, -0.2) is 4.39 Å². The second kappa shape index (κ2) is 6.98. The number of para-hydroxylation sites is 1. The molecule has 2 aromatic rings. The van der Waals surface area contributed by atoms with Crippen molar-refractivity contribution in [1.82, 2.24) is 10.2 Å². The van der Waals surface area contributed by atoms with Crippen LogP contribution in [0, 0.1) is 22.9 Å². The maximum absolute atomic E-state index is 13.3. The van der Waals surface area contributed by atoms with Gasteiger partial charge < -0.3 is 5.32 Å². The zero-order chi connectivity index (χ0) is 18.0. The van der Waals surface area contributed by atoms with E-state index in [2.05, 4.69) is 5.32 Å². The molecule has 1 heterocycles. The van der Waals surface area contributed by atoms with E-state index >= 15 is 0 Å². The van der Waals surface area contributed by atoms with E-state index in [9.17, 15) is 19.3 Å². The number of rotatable bonds is 6. The van der Waals surface area contributed by atoms with Crippen LogP contribution in [0.4, 0.5) is 10.1 Å². The number of nitro benzene ring substituents is 1. The highest BCUT2D eigenvalue weighted by molar-refractivity contribution is 5.84. The van der Waals surface area contributed by atoms with Crippen molar-refractivity contribution in [3.63, 3.8) is 0 Å². The molecule has 1 aliphatic heterocycles. The largest absolute Gasteiger partial charge is 0.350 e. The summed E-state index contributed by atoms with van der Waals surface area (Å²) in [7, 11) is 0. The van der Waals surface area contributed by atoms with Crippen molar-refractivity contribution in [3.05, 3.63) is 75.1 Å². The Bertz CT molecular complexity index is 825. The SMILES string of the molecule is Cc1ccc(F)cc1CN1CC1C(=O)NCc1ccccc1[N+](=O)[O-]. The molecule has 0 spiro atoms. The average Bonchev–Trinajstić information content (AvgIpc) is 3.35. The smallest absolute Gasteiger partial charge is 0.274 e. The van der Waals surface area contributed by atoms with Crippen LogP contribution in [0.1, 0.15) is 16.7 Å². The first-order valence-corrected chi connectivity index (χ1v) is 7.95. The molecule has 1 amide bonds. The van der Waals surface area contributed by atoms with E-state index in [-0.39, 0.29) is 30.0 Å². The molecule has 1 fully saturated rings. The average molecular weight is 343 g/mol. The van der Waals surface area contributed by atoms with Gasteiger partial charge in [-0.2, -0.15) is 0 Å². The summed E-state index contributed by atoms with van der Waals surface area (Å²) < 4.78 is 13.3. The van der Waals surface area contributed by atoms with Crippen LogP contribution in [-0.2, 0) is 17.9 Å². The predicted octanol–water partition coefficient (Wildman–Crippen LogP) is 2.54. The van der Waals surface area contributed by atoms with Crippen molar-refractivity contribution in [2.45, 2.75) is 26.1 Å². The van der Waals surface area contributed by atoms with Crippen LogP contribution >= 0.6 is 0 Å². The summed E-state index contributed by atoms with van der Waals surface area (Å²) in [6, 6.07) is 10.7. The molecular formula is C18H18FN3O3. The molecule has 6 nitrogen and oxygen atoms in total. The van der Waals surface area contributed by atoms with Gasteiger partial charge in [-0.3, -0.25) is 19.8 Å². The molecular weight excluding hydrogens is 325 g/mol. The lowest BCUT2D eigenvalue weighted by Crippen LogP contribution is -2.29. The number of carbonyl (C=O) groups is 1. The van der Waals surface area contributed by atoms with Crippen molar-refractivity contribution in [2.24, 2.45) is 0 Å². The predicted molar refractivity (Wildman–Crippen MR) is 90.3 cm³/mol. The van der Waals surface area contributed by atoms with Crippen LogP contribution in [0.3, 0.4) is 0 Å². The fourth-order valence-corrected chi connectivity index (χ4v) is 2.77. The number of aryl methyl sites for hydroxylation is 1. The highest BCUT2D eigenvalue weighted by atomic mass is 19.1. The zero-order valence-electron chi connectivity index (χ0n) is 13.7. The molecule has 0 radical (unpaired) electrons. The summed E-state index contributed by atoms with van der Waals surface area (Å²) in [5.41, 5.74) is 2.29. The van der Waals surface area contributed by atoms with Crippen LogP contribution in [0.2, 0.25) is 0 Å². The third-order valence-electron chi connectivity index (χ3n) is 4.34. The standard InChI is InChI=1S/C18H18FN3O3/c1-12-6-7-15(19)8-14(12)10-21-11-17(21)18(23)20-9-13-4-2-3-5-16(13)22(24)25/h2-8,17H,9-11H2,1H3,(H,20,23). The van der Waals surface area contributed by atoms with Crippen LogP contribution in [0.5, 0.6) is 0 Å². The maximum atomic E-state index is 13.3. The number of nitro groups is 1. The number of halogens is 1. The normalized spacial score (nSPS) is 18.6. The second-order valence-corrected chi connectivity index (χ2v) is 6.12. The molecule has 1 saturated heterocycles. The van der Waals surface area contributed by atoms with E-state index in [1.165, 1.54) is 18.2 Å². The number of benzene rings is 2. The first-order chi connectivity index (χ1) is 12.0. The minimum Gasteiger partial charge on any atom is -0.350 e. The molecule has 0 aromatic heterocycles. The Morgan fingerprint density at radius 3 is 2.84 bits per heavy atom. The number of carbonyl (C=O) groups excluding carboxylic acids is 1. The fourth-order valence-electron chi connectivity index (χ4n) is 2.77. The van der Waals surface area contributed by atoms with Gasteiger partial charge in [-0.05, 0) is 30.2 Å². The third-order valence-corrected chi connectivity index (χ3v) is 4.34. The topological polar surface area (TPSA) is 75.2 Å². The molecule has 1 aliphatic rings. The van der Waals surface area contributed by atoms with Gasteiger partial charge in [-0.1, -0.05) is 24.3 Å². The van der Waals surface area contributed by atoms with E-state index in [4.69, 9.17) is 0 Å². The van der Waals surface area contributed by atoms with Crippen molar-refractivity contribution < 1.29 is 14.1 Å². The molecule has 0 bridgehead atoms. The number of amides is 1. The molecule has 3 rings (SSSR count). The van der Waals surface area contributed by atoms with Crippen LogP contribution in [-0.4, -0.2) is 28.3 Å². The zero-order valence-corrected chi connectivity index (χ0v) is 13.7. The lowest BCUT2D eigenvalue weighted by atomic mass is 10.1. The molecule has 130 valence electrons. The number of nitrogens with zero attached hydrogens (tertiary/aromatic N) is 2. The number of hydrogen-bond acceptors (Lipinski definition) is 4. The fraction of sp³-hybridized carbons (Fsp3) is 0.278. The monoisotopic (exact) mass is 343 g/mol.